The van der Waals surface area contributed by atoms with Gasteiger partial charge in [-0.25, -0.2) is 9.59 Å². The maximum absolute atomic E-state index is 13.7. The number of aliphatic carboxylic acids is 2. The van der Waals surface area contributed by atoms with E-state index in [9.17, 15) is 44.1 Å². The molecule has 13 nitrogen and oxygen atoms in total. The molecule has 52 heavy (non-hydrogen) atoms. The summed E-state index contributed by atoms with van der Waals surface area (Å²) in [6, 6.07) is 4.89. The van der Waals surface area contributed by atoms with E-state index in [0.717, 1.165) is 57.9 Å². The fourth-order valence-electron chi connectivity index (χ4n) is 5.35. The third kappa shape index (κ3) is 18.5. The predicted molar refractivity (Wildman–Crippen MR) is 192 cm³/mol. The molecule has 0 aromatic heterocycles. The van der Waals surface area contributed by atoms with Gasteiger partial charge in [-0.05, 0) is 50.3 Å². The number of nitrogens with one attached hydrogen (secondary N) is 1. The number of carboxylic acids is 2. The molecule has 1 aromatic rings. The number of hydrogen-bond donors (Lipinski definition) is 4. The number of benzene rings is 1. The van der Waals surface area contributed by atoms with Crippen LogP contribution >= 0.6 is 0 Å². The first-order valence-electron chi connectivity index (χ1n) is 17.9. The van der Waals surface area contributed by atoms with Crippen LogP contribution in [0.2, 0.25) is 0 Å². The maximum atomic E-state index is 13.7. The normalized spacial score (nSPS) is 13.8. The van der Waals surface area contributed by atoms with Crippen LogP contribution in [-0.4, -0.2) is 75.4 Å². The number of ketones is 1. The van der Waals surface area contributed by atoms with Crippen LogP contribution in [0.4, 0.5) is 0 Å². The summed E-state index contributed by atoms with van der Waals surface area (Å²) in [4.78, 5) is 74.6. The van der Waals surface area contributed by atoms with Crippen molar-refractivity contribution in [2.75, 3.05) is 6.61 Å². The summed E-state index contributed by atoms with van der Waals surface area (Å²) in [5.41, 5.74) is -2.50. The number of aliphatic hydroxyl groups is 1. The lowest BCUT2D eigenvalue weighted by Crippen LogP contribution is -2.56. The lowest BCUT2D eigenvalue weighted by Gasteiger charge is -2.32. The SMILES string of the molecule is CC#CCOc1ccc(C[C@H](NC(=O)[C@@H](/C=C/CCCCCCC(=O)CCCCCCC)[C@@](O)(CC(=O)O)C(=O)OC(C)OC(C)=O)C(=O)O)cc1. The van der Waals surface area contributed by atoms with Gasteiger partial charge < -0.3 is 34.8 Å². The number of rotatable bonds is 27. The molecule has 0 radical (unpaired) electrons. The third-order valence-corrected chi connectivity index (χ3v) is 8.11. The first-order chi connectivity index (χ1) is 24.7. The Hall–Kier alpha value is -4.70. The minimum atomic E-state index is -3.01. The number of unbranched alkanes of at least 4 members (excludes halogenated alkanes) is 8. The van der Waals surface area contributed by atoms with Crippen LogP contribution in [0.1, 0.15) is 117 Å². The fraction of sp³-hybridized carbons (Fsp3) is 0.590. The van der Waals surface area contributed by atoms with Crippen molar-refractivity contribution in [1.82, 2.24) is 5.32 Å². The second kappa shape index (κ2) is 25.3. The molecule has 0 aliphatic heterocycles. The van der Waals surface area contributed by atoms with Crippen molar-refractivity contribution in [3.63, 3.8) is 0 Å². The minimum Gasteiger partial charge on any atom is -0.481 e. The van der Waals surface area contributed by atoms with E-state index >= 15 is 0 Å². The molecule has 0 bridgehead atoms. The number of hydrogen-bond acceptors (Lipinski definition) is 10. The zero-order valence-corrected chi connectivity index (χ0v) is 30.8. The lowest BCUT2D eigenvalue weighted by atomic mass is 9.82. The molecule has 0 aliphatic rings. The minimum absolute atomic E-state index is 0.167. The largest absolute Gasteiger partial charge is 0.481 e. The molecule has 1 rings (SSSR count). The molecular formula is C39H55NO12. The van der Waals surface area contributed by atoms with Gasteiger partial charge in [0.2, 0.25) is 12.2 Å². The number of allylic oxidation sites excluding steroid dienone is 1. The monoisotopic (exact) mass is 729 g/mol. The standard InChI is InChI=1S/C39H55NO12/c1-5-7-9-12-15-18-31(42)19-16-13-10-11-14-17-20-33(39(49,27-35(43)44)38(48)52-29(4)51-28(3)41)36(45)40-34(37(46)47)26-30-21-23-32(24-22-30)50-25-8-6-2/h17,20-24,29,33-34,49H,5,7,9-16,18-19,25-27H2,1-4H3,(H,40,45)(H,43,44)(H,46,47)/b20-17+/t29?,33-,34+,39+/m1/s1. The van der Waals surface area contributed by atoms with E-state index in [1.165, 1.54) is 19.4 Å². The summed E-state index contributed by atoms with van der Waals surface area (Å²) in [5.74, 6) is -2.29. The van der Waals surface area contributed by atoms with Gasteiger partial charge in [0.05, 0.1) is 12.3 Å². The van der Waals surface area contributed by atoms with E-state index in [-0.39, 0.29) is 18.8 Å². The second-order valence-corrected chi connectivity index (χ2v) is 12.6. The Bertz CT molecular complexity index is 1390. The van der Waals surface area contributed by atoms with Crippen molar-refractivity contribution in [2.24, 2.45) is 5.92 Å². The first kappa shape index (κ1) is 45.3. The summed E-state index contributed by atoms with van der Waals surface area (Å²) < 4.78 is 15.3. The summed E-state index contributed by atoms with van der Waals surface area (Å²) in [5, 5.41) is 33.5. The molecule has 4 N–H and O–H groups in total. The lowest BCUT2D eigenvalue weighted by molar-refractivity contribution is -0.203. The first-order valence-corrected chi connectivity index (χ1v) is 17.9. The number of Topliss-reactive ketones (excluding diaryl/α,β-unsaturated/α-hetero) is 1. The average molecular weight is 730 g/mol. The van der Waals surface area contributed by atoms with Crippen LogP contribution in [0.5, 0.6) is 5.75 Å². The van der Waals surface area contributed by atoms with Crippen LogP contribution in [0, 0.1) is 17.8 Å². The fourth-order valence-corrected chi connectivity index (χ4v) is 5.35. The molecule has 1 unspecified atom stereocenters. The third-order valence-electron chi connectivity index (χ3n) is 8.11. The van der Waals surface area contributed by atoms with Gasteiger partial charge in [-0.15, -0.1) is 5.92 Å². The molecule has 0 saturated heterocycles. The highest BCUT2D eigenvalue weighted by molar-refractivity contribution is 5.95. The van der Waals surface area contributed by atoms with Crippen LogP contribution < -0.4 is 10.1 Å². The highest BCUT2D eigenvalue weighted by Crippen LogP contribution is 2.28. The number of carbonyl (C=O) groups is 6. The highest BCUT2D eigenvalue weighted by atomic mass is 16.7. The summed E-state index contributed by atoms with van der Waals surface area (Å²) in [6.45, 7) is 6.20. The maximum Gasteiger partial charge on any atom is 0.342 e. The molecule has 1 aromatic carbocycles. The Morgan fingerprint density at radius 2 is 1.52 bits per heavy atom. The molecule has 4 atom stereocenters. The molecule has 0 heterocycles. The van der Waals surface area contributed by atoms with Gasteiger partial charge in [-0.2, -0.15) is 0 Å². The van der Waals surface area contributed by atoms with Gasteiger partial charge in [0.25, 0.3) is 0 Å². The number of amides is 1. The second-order valence-electron chi connectivity index (χ2n) is 12.6. The molecule has 0 fully saturated rings. The number of esters is 2. The van der Waals surface area contributed by atoms with Crippen LogP contribution in [0.25, 0.3) is 0 Å². The molecule has 13 heteroatoms. The number of ether oxygens (including phenoxy) is 3. The van der Waals surface area contributed by atoms with Crippen LogP contribution in [0.15, 0.2) is 36.4 Å². The molecule has 1 amide bonds. The quantitative estimate of drug-likeness (QED) is 0.0300. The van der Waals surface area contributed by atoms with Crippen molar-refractivity contribution in [1.29, 1.82) is 0 Å². The molecular weight excluding hydrogens is 674 g/mol. The van der Waals surface area contributed by atoms with Gasteiger partial charge >= 0.3 is 23.9 Å². The Balaban J connectivity index is 3.10. The van der Waals surface area contributed by atoms with E-state index in [1.54, 1.807) is 31.2 Å². The Morgan fingerprint density at radius 1 is 0.904 bits per heavy atom. The molecule has 0 spiro atoms. The van der Waals surface area contributed by atoms with Crippen LogP contribution in [0.3, 0.4) is 0 Å². The van der Waals surface area contributed by atoms with E-state index < -0.39 is 60.1 Å². The highest BCUT2D eigenvalue weighted by Gasteiger charge is 2.51. The Kier molecular flexibility index (Phi) is 22.0. The van der Waals surface area contributed by atoms with Crippen molar-refractivity contribution in [3.8, 4) is 17.6 Å². The van der Waals surface area contributed by atoms with Gasteiger partial charge in [0.1, 0.15) is 24.2 Å². The van der Waals surface area contributed by atoms with Crippen molar-refractivity contribution < 1.29 is 58.3 Å². The zero-order chi connectivity index (χ0) is 38.9. The predicted octanol–water partition coefficient (Wildman–Crippen LogP) is 5.30. The topological polar surface area (TPSA) is 203 Å². The van der Waals surface area contributed by atoms with Gasteiger partial charge in [0, 0.05) is 33.1 Å². The molecule has 0 saturated carbocycles. The van der Waals surface area contributed by atoms with E-state index in [0.29, 0.717) is 37.0 Å². The zero-order valence-electron chi connectivity index (χ0n) is 30.8. The van der Waals surface area contributed by atoms with E-state index in [2.05, 4.69) is 24.1 Å². The van der Waals surface area contributed by atoms with Gasteiger partial charge in [-0.3, -0.25) is 19.2 Å². The molecule has 0 aliphatic carbocycles. The van der Waals surface area contributed by atoms with Crippen molar-refractivity contribution >= 4 is 35.6 Å². The van der Waals surface area contributed by atoms with Crippen LogP contribution in [-0.2, 0) is 44.7 Å². The smallest absolute Gasteiger partial charge is 0.342 e. The van der Waals surface area contributed by atoms with Gasteiger partial charge in [0.15, 0.2) is 5.60 Å². The van der Waals surface area contributed by atoms with Gasteiger partial charge in [-0.1, -0.05) is 75.7 Å². The average Bonchev–Trinajstić information content (AvgIpc) is 3.07. The molecule has 288 valence electrons. The number of carboxylic acid groups (broad SMARTS) is 2. The Labute approximate surface area is 306 Å². The summed E-state index contributed by atoms with van der Waals surface area (Å²) in [7, 11) is 0. The van der Waals surface area contributed by atoms with Crippen molar-refractivity contribution in [2.45, 2.75) is 136 Å². The van der Waals surface area contributed by atoms with Crippen molar-refractivity contribution in [3.05, 3.63) is 42.0 Å². The summed E-state index contributed by atoms with van der Waals surface area (Å²) in [6.07, 6.45) is 9.49. The Morgan fingerprint density at radius 3 is 2.08 bits per heavy atom. The summed E-state index contributed by atoms with van der Waals surface area (Å²) >= 11 is 0. The number of carbonyl (C=O) groups excluding carboxylic acids is 4. The van der Waals surface area contributed by atoms with E-state index in [4.69, 9.17) is 14.2 Å². The van der Waals surface area contributed by atoms with E-state index in [1.807, 2.05) is 0 Å².